The van der Waals surface area contributed by atoms with E-state index in [-0.39, 0.29) is 0 Å². The molecule has 0 amide bonds. The number of allylic oxidation sites excluding steroid dienone is 2. The van der Waals surface area contributed by atoms with Crippen molar-refractivity contribution in [2.24, 2.45) is 0 Å². The largest absolute Gasteiger partial charge is 0.493 e. The zero-order valence-corrected chi connectivity index (χ0v) is 19.0. The van der Waals surface area contributed by atoms with E-state index in [2.05, 4.69) is 75.4 Å². The second kappa shape index (κ2) is 11.1. The average molecular weight is 401 g/mol. The fraction of sp³-hybridized carbons (Fsp3) is 0.429. The van der Waals surface area contributed by atoms with Crippen LogP contribution in [0.25, 0.3) is 16.9 Å². The van der Waals surface area contributed by atoms with Gasteiger partial charge >= 0.3 is 0 Å². The third-order valence-corrected chi connectivity index (χ3v) is 5.92. The molecule has 2 nitrogen and oxygen atoms in total. The maximum absolute atomic E-state index is 11.3. The van der Waals surface area contributed by atoms with Crippen molar-refractivity contribution >= 4 is 11.4 Å². The Labute approximate surface area is 182 Å². The first kappa shape index (κ1) is 22.2. The lowest BCUT2D eigenvalue weighted by Crippen LogP contribution is -2.03. The van der Waals surface area contributed by atoms with Crippen molar-refractivity contribution in [2.75, 3.05) is 0 Å². The van der Waals surface area contributed by atoms with Crippen molar-refractivity contribution in [3.63, 3.8) is 0 Å². The van der Waals surface area contributed by atoms with Crippen LogP contribution in [-0.4, -0.2) is 4.70 Å². The maximum atomic E-state index is 11.3. The summed E-state index contributed by atoms with van der Waals surface area (Å²) in [6.07, 6.45) is 12.4. The predicted molar refractivity (Wildman–Crippen MR) is 128 cm³/mol. The molecule has 1 heterocycles. The third kappa shape index (κ3) is 5.36. The summed E-state index contributed by atoms with van der Waals surface area (Å²) in [5, 5.41) is 0. The first-order valence-electron chi connectivity index (χ1n) is 11.8. The molecule has 0 saturated heterocycles. The van der Waals surface area contributed by atoms with Crippen molar-refractivity contribution in [1.82, 2.24) is 0 Å². The van der Waals surface area contributed by atoms with Gasteiger partial charge in [-0.15, -0.1) is 0 Å². The van der Waals surface area contributed by atoms with E-state index in [0.29, 0.717) is 0 Å². The van der Waals surface area contributed by atoms with Crippen molar-refractivity contribution in [2.45, 2.75) is 78.6 Å². The number of hydrogen-bond donors (Lipinski definition) is 0. The summed E-state index contributed by atoms with van der Waals surface area (Å²) in [4.78, 5) is 0. The van der Waals surface area contributed by atoms with Gasteiger partial charge in [0.15, 0.2) is 0 Å². The van der Waals surface area contributed by atoms with Gasteiger partial charge in [0.2, 0.25) is 11.4 Å². The summed E-state index contributed by atoms with van der Waals surface area (Å²) < 4.78 is 1.43. The normalized spacial score (nSPS) is 13.8. The number of aryl methyl sites for hydroxylation is 2. The molecule has 2 aromatic carbocycles. The Morgan fingerprint density at radius 2 is 1.23 bits per heavy atom. The van der Waals surface area contributed by atoms with Crippen LogP contribution in [0.1, 0.15) is 88.0 Å². The zero-order valence-electron chi connectivity index (χ0n) is 19.0. The number of benzene rings is 2. The third-order valence-electron chi connectivity index (χ3n) is 5.92. The van der Waals surface area contributed by atoms with Crippen LogP contribution in [-0.2, 0) is 12.8 Å². The minimum absolute atomic E-state index is 0.897. The molecule has 0 spiro atoms. The number of nitrogens with zero attached hydrogens (tertiary/aromatic N) is 2. The summed E-state index contributed by atoms with van der Waals surface area (Å²) in [7, 11) is 0. The van der Waals surface area contributed by atoms with Gasteiger partial charge in [0, 0.05) is 22.8 Å². The van der Waals surface area contributed by atoms with Crippen LogP contribution >= 0.6 is 0 Å². The molecule has 158 valence electrons. The SMILES string of the molecule is CCCCC1=C(c2cccc(CCCC)c2)[N+](=[N-])C(c2cccc(CCCC)c2)=C1. The highest BCUT2D eigenvalue weighted by atomic mass is 15.2. The molecule has 0 fully saturated rings. The van der Waals surface area contributed by atoms with Crippen molar-refractivity contribution < 1.29 is 4.70 Å². The molecule has 0 aliphatic carbocycles. The van der Waals surface area contributed by atoms with E-state index in [9.17, 15) is 5.53 Å². The van der Waals surface area contributed by atoms with Crippen LogP contribution in [0.3, 0.4) is 0 Å². The standard InChI is InChI=1S/C28H36N2/c1-4-7-12-22-14-10-17-24(19-22)27-21-26(16-9-6-3)28(30(27)29)25-18-11-15-23(20-25)13-8-5-2/h10-11,14-15,17-21H,4-9,12-13,16H2,1-3H3. The molecule has 2 aromatic rings. The minimum Gasteiger partial charge on any atom is -0.493 e. The Balaban J connectivity index is 1.93. The van der Waals surface area contributed by atoms with E-state index >= 15 is 0 Å². The molecule has 0 aromatic heterocycles. The van der Waals surface area contributed by atoms with Crippen molar-refractivity contribution in [3.8, 4) is 0 Å². The first-order chi connectivity index (χ1) is 14.7. The molecule has 0 radical (unpaired) electrons. The van der Waals surface area contributed by atoms with Gasteiger partial charge in [-0.2, -0.15) is 0 Å². The molecular weight excluding hydrogens is 364 g/mol. The van der Waals surface area contributed by atoms with E-state index in [1.165, 1.54) is 47.1 Å². The summed E-state index contributed by atoms with van der Waals surface area (Å²) in [5.74, 6) is 0. The molecule has 0 unspecified atom stereocenters. The van der Waals surface area contributed by atoms with E-state index in [1.807, 2.05) is 0 Å². The second-order valence-electron chi connectivity index (χ2n) is 8.43. The summed E-state index contributed by atoms with van der Waals surface area (Å²) in [6.45, 7) is 6.68. The van der Waals surface area contributed by atoms with Crippen LogP contribution in [0.2, 0.25) is 0 Å². The Morgan fingerprint density at radius 3 is 1.83 bits per heavy atom. The molecule has 1 aliphatic rings. The van der Waals surface area contributed by atoms with E-state index < -0.39 is 0 Å². The number of hydrogen-bond acceptors (Lipinski definition) is 0. The van der Waals surface area contributed by atoms with E-state index in [1.54, 1.807) is 0 Å². The number of rotatable bonds is 11. The fourth-order valence-electron chi connectivity index (χ4n) is 4.14. The smallest absolute Gasteiger partial charge is 0.210 e. The second-order valence-corrected chi connectivity index (χ2v) is 8.43. The van der Waals surface area contributed by atoms with Crippen LogP contribution in [0.5, 0.6) is 0 Å². The summed E-state index contributed by atoms with van der Waals surface area (Å²) in [5.41, 5.74) is 19.3. The summed E-state index contributed by atoms with van der Waals surface area (Å²) >= 11 is 0. The molecule has 30 heavy (non-hydrogen) atoms. The topological polar surface area (TPSA) is 25.3 Å². The summed E-state index contributed by atoms with van der Waals surface area (Å²) in [6, 6.07) is 17.4. The average Bonchev–Trinajstić information content (AvgIpc) is 3.11. The van der Waals surface area contributed by atoms with Crippen LogP contribution in [0, 0.1) is 0 Å². The monoisotopic (exact) mass is 400 g/mol. The fourth-order valence-corrected chi connectivity index (χ4v) is 4.14. The van der Waals surface area contributed by atoms with E-state index in [4.69, 9.17) is 0 Å². The molecule has 2 heteroatoms. The van der Waals surface area contributed by atoms with Gasteiger partial charge in [0.05, 0.1) is 0 Å². The van der Waals surface area contributed by atoms with Crippen LogP contribution in [0.15, 0.2) is 60.2 Å². The molecule has 0 N–H and O–H groups in total. The molecule has 3 rings (SSSR count). The van der Waals surface area contributed by atoms with Gasteiger partial charge in [-0.05, 0) is 73.9 Å². The minimum atomic E-state index is 0.897. The van der Waals surface area contributed by atoms with Gasteiger partial charge in [-0.1, -0.05) is 64.3 Å². The Bertz CT molecular complexity index is 933. The lowest BCUT2D eigenvalue weighted by atomic mass is 9.99. The molecular formula is C28H36N2. The Kier molecular flexibility index (Phi) is 8.19. The van der Waals surface area contributed by atoms with Gasteiger partial charge in [0.1, 0.15) is 0 Å². The Morgan fingerprint density at radius 1 is 0.700 bits per heavy atom. The Hall–Kier alpha value is -2.48. The van der Waals surface area contributed by atoms with Gasteiger partial charge in [0.25, 0.3) is 0 Å². The predicted octanol–water partition coefficient (Wildman–Crippen LogP) is 8.36. The van der Waals surface area contributed by atoms with Crippen LogP contribution < -0.4 is 0 Å². The van der Waals surface area contributed by atoms with Gasteiger partial charge in [-0.3, -0.25) is 0 Å². The highest BCUT2D eigenvalue weighted by molar-refractivity contribution is 5.78. The quantitative estimate of drug-likeness (QED) is 0.339. The zero-order chi connectivity index (χ0) is 21.3. The molecule has 0 bridgehead atoms. The highest BCUT2D eigenvalue weighted by Crippen LogP contribution is 2.37. The van der Waals surface area contributed by atoms with Crippen molar-refractivity contribution in [1.29, 1.82) is 0 Å². The maximum Gasteiger partial charge on any atom is 0.210 e. The lowest BCUT2D eigenvalue weighted by Gasteiger charge is -2.11. The van der Waals surface area contributed by atoms with Crippen LogP contribution in [0.4, 0.5) is 0 Å². The molecule has 0 saturated carbocycles. The van der Waals surface area contributed by atoms with Gasteiger partial charge < -0.3 is 5.53 Å². The highest BCUT2D eigenvalue weighted by Gasteiger charge is 2.28. The van der Waals surface area contributed by atoms with Crippen molar-refractivity contribution in [3.05, 3.63) is 88.0 Å². The molecule has 0 atom stereocenters. The number of unbranched alkanes of at least 4 members (excludes halogenated alkanes) is 3. The molecule has 1 aliphatic heterocycles. The lowest BCUT2D eigenvalue weighted by molar-refractivity contribution is -0.344. The van der Waals surface area contributed by atoms with Gasteiger partial charge in [-0.25, -0.2) is 4.70 Å². The first-order valence-corrected chi connectivity index (χ1v) is 11.8. The van der Waals surface area contributed by atoms with E-state index in [0.717, 1.165) is 54.6 Å².